The standard InChI is InChI=1S/C28H31FN6O3/c1-17-7-13-22(18(2)15-17)35(24(36)16-34-32-26(31-33-34)23-14-8-19(3)38-23)25(27(37)30-28(4,5)6)20-9-11-21(29)12-10-20/h7-15,25H,16H2,1-6H3,(H,30,37)/t25-/m1/s1. The molecule has 2 amide bonds. The summed E-state index contributed by atoms with van der Waals surface area (Å²) in [4.78, 5) is 30.3. The van der Waals surface area contributed by atoms with Crippen LogP contribution in [0.25, 0.3) is 11.6 Å². The maximum absolute atomic E-state index is 14.0. The molecule has 10 heteroatoms. The maximum Gasteiger partial charge on any atom is 0.251 e. The number of nitrogens with one attached hydrogen (secondary N) is 1. The Labute approximate surface area is 220 Å². The van der Waals surface area contributed by atoms with Crippen molar-refractivity contribution in [3.05, 3.63) is 82.9 Å². The van der Waals surface area contributed by atoms with Gasteiger partial charge in [-0.1, -0.05) is 29.8 Å². The van der Waals surface area contributed by atoms with Gasteiger partial charge in [0.15, 0.2) is 5.76 Å². The summed E-state index contributed by atoms with van der Waals surface area (Å²) in [5, 5.41) is 15.3. The van der Waals surface area contributed by atoms with E-state index in [4.69, 9.17) is 4.42 Å². The second kappa shape index (κ2) is 10.6. The van der Waals surface area contributed by atoms with Crippen molar-refractivity contribution in [2.24, 2.45) is 0 Å². The lowest BCUT2D eigenvalue weighted by atomic mass is 9.99. The van der Waals surface area contributed by atoms with E-state index in [-0.39, 0.29) is 12.4 Å². The number of hydrogen-bond donors (Lipinski definition) is 1. The molecule has 0 radical (unpaired) electrons. The molecule has 0 fully saturated rings. The zero-order chi connectivity index (χ0) is 27.6. The smallest absolute Gasteiger partial charge is 0.251 e. The largest absolute Gasteiger partial charge is 0.458 e. The minimum Gasteiger partial charge on any atom is -0.458 e. The van der Waals surface area contributed by atoms with Crippen LogP contribution in [0.3, 0.4) is 0 Å². The summed E-state index contributed by atoms with van der Waals surface area (Å²) in [6.07, 6.45) is 0. The van der Waals surface area contributed by atoms with Crippen LogP contribution in [0.4, 0.5) is 10.1 Å². The molecule has 0 saturated carbocycles. The van der Waals surface area contributed by atoms with Crippen LogP contribution in [0.5, 0.6) is 0 Å². The summed E-state index contributed by atoms with van der Waals surface area (Å²) < 4.78 is 19.4. The SMILES string of the molecule is Cc1ccc(N(C(=O)Cn2nnc(-c3ccc(C)o3)n2)[C@@H](C(=O)NC(C)(C)C)c2ccc(F)cc2)c(C)c1. The number of benzene rings is 2. The highest BCUT2D eigenvalue weighted by atomic mass is 19.1. The van der Waals surface area contributed by atoms with Gasteiger partial charge in [-0.3, -0.25) is 14.5 Å². The van der Waals surface area contributed by atoms with Crippen molar-refractivity contribution in [1.29, 1.82) is 0 Å². The van der Waals surface area contributed by atoms with E-state index in [0.717, 1.165) is 15.9 Å². The normalized spacial score (nSPS) is 12.3. The predicted octanol–water partition coefficient (Wildman–Crippen LogP) is 4.69. The van der Waals surface area contributed by atoms with Gasteiger partial charge < -0.3 is 9.73 Å². The molecule has 38 heavy (non-hydrogen) atoms. The van der Waals surface area contributed by atoms with E-state index in [1.165, 1.54) is 29.2 Å². The van der Waals surface area contributed by atoms with Crippen LogP contribution < -0.4 is 10.2 Å². The molecule has 0 aliphatic heterocycles. The van der Waals surface area contributed by atoms with Crippen molar-refractivity contribution >= 4 is 17.5 Å². The summed E-state index contributed by atoms with van der Waals surface area (Å²) >= 11 is 0. The number of aryl methyl sites for hydroxylation is 3. The van der Waals surface area contributed by atoms with Crippen molar-refractivity contribution in [2.45, 2.75) is 59.7 Å². The van der Waals surface area contributed by atoms with E-state index in [1.54, 1.807) is 25.1 Å². The van der Waals surface area contributed by atoms with Gasteiger partial charge in [0, 0.05) is 11.2 Å². The van der Waals surface area contributed by atoms with Crippen LogP contribution in [0.15, 0.2) is 59.0 Å². The van der Waals surface area contributed by atoms with Gasteiger partial charge in [-0.2, -0.15) is 4.80 Å². The Morgan fingerprint density at radius 3 is 2.37 bits per heavy atom. The molecule has 0 spiro atoms. The Morgan fingerprint density at radius 1 is 1.05 bits per heavy atom. The van der Waals surface area contributed by atoms with Crippen LogP contribution in [0.2, 0.25) is 0 Å². The average Bonchev–Trinajstić information content (AvgIpc) is 3.46. The van der Waals surface area contributed by atoms with Crippen molar-refractivity contribution in [3.63, 3.8) is 0 Å². The van der Waals surface area contributed by atoms with Crippen molar-refractivity contribution in [2.75, 3.05) is 4.90 Å². The summed E-state index contributed by atoms with van der Waals surface area (Å²) in [7, 11) is 0. The molecule has 0 saturated heterocycles. The molecule has 2 heterocycles. The lowest BCUT2D eigenvalue weighted by molar-refractivity contribution is -0.128. The van der Waals surface area contributed by atoms with Gasteiger partial charge in [-0.25, -0.2) is 4.39 Å². The summed E-state index contributed by atoms with van der Waals surface area (Å²) in [6.45, 7) is 10.9. The molecule has 2 aromatic carbocycles. The summed E-state index contributed by atoms with van der Waals surface area (Å²) in [5.41, 5.74) is 2.23. The molecule has 1 atom stereocenters. The number of aromatic nitrogens is 4. The van der Waals surface area contributed by atoms with Crippen molar-refractivity contribution < 1.29 is 18.4 Å². The quantitative estimate of drug-likeness (QED) is 0.381. The molecule has 4 aromatic rings. The highest BCUT2D eigenvalue weighted by Crippen LogP contribution is 2.32. The van der Waals surface area contributed by atoms with Crippen LogP contribution >= 0.6 is 0 Å². The van der Waals surface area contributed by atoms with Gasteiger partial charge in [0.1, 0.15) is 24.2 Å². The Bertz CT molecular complexity index is 1450. The lowest BCUT2D eigenvalue weighted by Gasteiger charge is -2.34. The van der Waals surface area contributed by atoms with E-state index >= 15 is 0 Å². The highest BCUT2D eigenvalue weighted by Gasteiger charge is 2.35. The number of hydrogen-bond acceptors (Lipinski definition) is 6. The Hall–Kier alpha value is -4.34. The van der Waals surface area contributed by atoms with E-state index in [0.29, 0.717) is 22.8 Å². The number of tetrazole rings is 1. The molecule has 4 rings (SSSR count). The van der Waals surface area contributed by atoms with Gasteiger partial charge in [0.2, 0.25) is 11.7 Å². The number of carbonyl (C=O) groups excluding carboxylic acids is 2. The molecule has 2 aromatic heterocycles. The van der Waals surface area contributed by atoms with Gasteiger partial charge in [0.05, 0.1) is 0 Å². The Balaban J connectivity index is 1.78. The van der Waals surface area contributed by atoms with Gasteiger partial charge in [-0.15, -0.1) is 10.2 Å². The zero-order valence-corrected chi connectivity index (χ0v) is 22.3. The fraction of sp³-hybridized carbons (Fsp3) is 0.321. The number of amides is 2. The molecule has 1 N–H and O–H groups in total. The zero-order valence-electron chi connectivity index (χ0n) is 22.3. The molecular weight excluding hydrogens is 487 g/mol. The Morgan fingerprint density at radius 2 is 1.76 bits per heavy atom. The number of nitrogens with zero attached hydrogens (tertiary/aromatic N) is 5. The fourth-order valence-corrected chi connectivity index (χ4v) is 4.15. The first-order valence-electron chi connectivity index (χ1n) is 12.2. The number of halogens is 1. The minimum absolute atomic E-state index is 0.240. The molecule has 0 bridgehead atoms. The van der Waals surface area contributed by atoms with E-state index in [9.17, 15) is 14.0 Å². The van der Waals surface area contributed by atoms with Gasteiger partial charge >= 0.3 is 0 Å². The first-order valence-corrected chi connectivity index (χ1v) is 12.2. The van der Waals surface area contributed by atoms with Crippen molar-refractivity contribution in [3.8, 4) is 11.6 Å². The van der Waals surface area contributed by atoms with E-state index in [1.807, 2.05) is 46.8 Å². The molecular formula is C28H31FN6O3. The van der Waals surface area contributed by atoms with Crippen LogP contribution in [0.1, 0.15) is 49.3 Å². The molecule has 0 aliphatic rings. The third-order valence-corrected chi connectivity index (χ3v) is 5.76. The second-order valence-corrected chi connectivity index (χ2v) is 10.3. The predicted molar refractivity (Wildman–Crippen MR) is 141 cm³/mol. The lowest BCUT2D eigenvalue weighted by Crippen LogP contribution is -2.50. The summed E-state index contributed by atoms with van der Waals surface area (Å²) in [5.74, 6) is 0.0671. The fourth-order valence-electron chi connectivity index (χ4n) is 4.15. The number of anilines is 1. The number of rotatable bonds is 7. The topological polar surface area (TPSA) is 106 Å². The monoisotopic (exact) mass is 518 g/mol. The molecule has 0 aliphatic carbocycles. The number of carbonyl (C=O) groups is 2. The van der Waals surface area contributed by atoms with Gasteiger partial charge in [-0.05, 0) is 88.2 Å². The highest BCUT2D eigenvalue weighted by molar-refractivity contribution is 6.01. The Kier molecular flexibility index (Phi) is 7.43. The average molecular weight is 519 g/mol. The van der Waals surface area contributed by atoms with Gasteiger partial charge in [0.25, 0.3) is 5.91 Å². The number of furan rings is 1. The van der Waals surface area contributed by atoms with E-state index < -0.39 is 29.2 Å². The third-order valence-electron chi connectivity index (χ3n) is 5.76. The second-order valence-electron chi connectivity index (χ2n) is 10.3. The molecule has 9 nitrogen and oxygen atoms in total. The molecule has 198 valence electrons. The van der Waals surface area contributed by atoms with E-state index in [2.05, 4.69) is 20.7 Å². The van der Waals surface area contributed by atoms with Crippen molar-refractivity contribution in [1.82, 2.24) is 25.5 Å². The first kappa shape index (κ1) is 26.7. The van der Waals surface area contributed by atoms with Crippen LogP contribution in [0, 0.1) is 26.6 Å². The maximum atomic E-state index is 14.0. The summed E-state index contributed by atoms with van der Waals surface area (Å²) in [6, 6.07) is 13.6. The first-order chi connectivity index (χ1) is 17.9. The third kappa shape index (κ3) is 6.13. The minimum atomic E-state index is -1.08. The van der Waals surface area contributed by atoms with Crippen LogP contribution in [-0.2, 0) is 16.1 Å². The molecule has 0 unspecified atom stereocenters. The van der Waals surface area contributed by atoms with Crippen LogP contribution in [-0.4, -0.2) is 37.6 Å².